The number of hydrogen-bond acceptors (Lipinski definition) is 4. The lowest BCUT2D eigenvalue weighted by Gasteiger charge is -2.25. The number of carbonyl (C=O) groups excluding carboxylic acids is 1. The number of anilines is 1. The van der Waals surface area contributed by atoms with E-state index in [1.165, 1.54) is 12.4 Å². The highest BCUT2D eigenvalue weighted by atomic mass is 16.2. The minimum absolute atomic E-state index is 0.141. The van der Waals surface area contributed by atoms with Gasteiger partial charge in [0.2, 0.25) is 0 Å². The van der Waals surface area contributed by atoms with Crippen LogP contribution in [0.25, 0.3) is 0 Å². The molecular weight excluding hydrogens is 216 g/mol. The molecule has 1 aromatic rings. The van der Waals surface area contributed by atoms with Crippen molar-refractivity contribution in [1.82, 2.24) is 14.9 Å². The second-order valence-corrected chi connectivity index (χ2v) is 4.72. The average Bonchev–Trinajstić information content (AvgIpc) is 2.26. The highest BCUT2D eigenvalue weighted by molar-refractivity contribution is 5.92. The van der Waals surface area contributed by atoms with E-state index in [1.54, 1.807) is 11.9 Å². The molecule has 0 saturated carbocycles. The molecule has 0 aliphatic rings. The normalized spacial score (nSPS) is 12.5. The summed E-state index contributed by atoms with van der Waals surface area (Å²) in [5.74, 6) is 0.672. The number of hydrogen-bond donors (Lipinski definition) is 1. The fourth-order valence-corrected chi connectivity index (χ4v) is 1.71. The van der Waals surface area contributed by atoms with Gasteiger partial charge < -0.3 is 10.6 Å². The topological polar surface area (TPSA) is 72.1 Å². The van der Waals surface area contributed by atoms with Crippen molar-refractivity contribution in [2.75, 3.05) is 12.8 Å². The average molecular weight is 236 g/mol. The molecule has 94 valence electrons. The third-order valence-electron chi connectivity index (χ3n) is 2.67. The van der Waals surface area contributed by atoms with Gasteiger partial charge in [-0.15, -0.1) is 0 Å². The van der Waals surface area contributed by atoms with Crippen LogP contribution < -0.4 is 5.73 Å². The fraction of sp³-hybridized carbons (Fsp3) is 0.583. The lowest BCUT2D eigenvalue weighted by molar-refractivity contribution is 0.0722. The van der Waals surface area contributed by atoms with E-state index in [0.29, 0.717) is 11.6 Å². The van der Waals surface area contributed by atoms with Gasteiger partial charge in [-0.25, -0.2) is 4.98 Å². The van der Waals surface area contributed by atoms with Gasteiger partial charge in [-0.1, -0.05) is 13.8 Å². The highest BCUT2D eigenvalue weighted by Gasteiger charge is 2.19. The van der Waals surface area contributed by atoms with Crippen molar-refractivity contribution >= 4 is 11.7 Å². The Balaban J connectivity index is 2.76. The third-order valence-corrected chi connectivity index (χ3v) is 2.67. The predicted octanol–water partition coefficient (Wildman–Crippen LogP) is 1.57. The van der Waals surface area contributed by atoms with Crippen LogP contribution in [0.15, 0.2) is 12.4 Å². The molecule has 0 bridgehead atoms. The molecule has 5 heteroatoms. The molecule has 0 aliphatic carbocycles. The summed E-state index contributed by atoms with van der Waals surface area (Å²) in [6.07, 6.45) is 3.82. The molecule has 1 unspecified atom stereocenters. The summed E-state index contributed by atoms with van der Waals surface area (Å²) in [7, 11) is 1.78. The number of nitrogens with zero attached hydrogens (tertiary/aromatic N) is 3. The number of amides is 1. The quantitative estimate of drug-likeness (QED) is 0.861. The monoisotopic (exact) mass is 236 g/mol. The Morgan fingerprint density at radius 1 is 1.41 bits per heavy atom. The molecule has 0 aliphatic heterocycles. The molecule has 0 aromatic carbocycles. The maximum absolute atomic E-state index is 12.1. The van der Waals surface area contributed by atoms with Crippen LogP contribution in [0.4, 0.5) is 5.82 Å². The van der Waals surface area contributed by atoms with E-state index in [-0.39, 0.29) is 17.8 Å². The number of carbonyl (C=O) groups is 1. The molecule has 1 amide bonds. The Bertz CT molecular complexity index is 392. The molecule has 5 nitrogen and oxygen atoms in total. The Labute approximate surface area is 102 Å². The maximum Gasteiger partial charge on any atom is 0.274 e. The van der Waals surface area contributed by atoms with E-state index in [9.17, 15) is 4.79 Å². The minimum atomic E-state index is -0.141. The van der Waals surface area contributed by atoms with E-state index in [1.807, 2.05) is 6.92 Å². The number of aromatic nitrogens is 2. The molecule has 0 radical (unpaired) electrons. The summed E-state index contributed by atoms with van der Waals surface area (Å²) in [5.41, 5.74) is 5.80. The largest absolute Gasteiger partial charge is 0.382 e. The van der Waals surface area contributed by atoms with Gasteiger partial charge in [0.15, 0.2) is 0 Å². The Hall–Kier alpha value is -1.65. The van der Waals surface area contributed by atoms with E-state index in [2.05, 4.69) is 23.8 Å². The van der Waals surface area contributed by atoms with Crippen molar-refractivity contribution in [3.63, 3.8) is 0 Å². The molecule has 1 aromatic heterocycles. The van der Waals surface area contributed by atoms with E-state index >= 15 is 0 Å². The van der Waals surface area contributed by atoms with Crippen LogP contribution in [-0.2, 0) is 0 Å². The Morgan fingerprint density at radius 3 is 2.59 bits per heavy atom. The zero-order valence-electron chi connectivity index (χ0n) is 10.8. The predicted molar refractivity (Wildman–Crippen MR) is 67.5 cm³/mol. The molecular formula is C12H20N4O. The first-order valence-corrected chi connectivity index (χ1v) is 5.76. The van der Waals surface area contributed by atoms with Crippen LogP contribution >= 0.6 is 0 Å². The first-order chi connectivity index (χ1) is 7.91. The van der Waals surface area contributed by atoms with Crippen molar-refractivity contribution in [2.24, 2.45) is 5.92 Å². The van der Waals surface area contributed by atoms with Crippen LogP contribution in [0.1, 0.15) is 37.7 Å². The lowest BCUT2D eigenvalue weighted by atomic mass is 10.0. The summed E-state index contributed by atoms with van der Waals surface area (Å²) < 4.78 is 0. The molecule has 1 rings (SSSR count). The SMILES string of the molecule is CC(C)CC(C)N(C)C(=O)c1cncc(N)n1. The second-order valence-electron chi connectivity index (χ2n) is 4.72. The molecule has 1 atom stereocenters. The summed E-state index contributed by atoms with van der Waals surface area (Å²) >= 11 is 0. The first kappa shape index (κ1) is 13.4. The smallest absolute Gasteiger partial charge is 0.274 e. The number of nitrogen functional groups attached to an aromatic ring is 1. The summed E-state index contributed by atoms with van der Waals surface area (Å²) in [6, 6.07) is 0.172. The van der Waals surface area contributed by atoms with Crippen LogP contribution in [0, 0.1) is 5.92 Å². The number of nitrogens with two attached hydrogens (primary N) is 1. The zero-order valence-corrected chi connectivity index (χ0v) is 10.8. The van der Waals surface area contributed by atoms with Crippen molar-refractivity contribution in [3.8, 4) is 0 Å². The van der Waals surface area contributed by atoms with Crippen molar-refractivity contribution in [1.29, 1.82) is 0 Å². The van der Waals surface area contributed by atoms with Crippen LogP contribution in [-0.4, -0.2) is 33.9 Å². The third kappa shape index (κ3) is 3.69. The number of rotatable bonds is 4. The van der Waals surface area contributed by atoms with Crippen LogP contribution in [0.3, 0.4) is 0 Å². The summed E-state index contributed by atoms with van der Waals surface area (Å²) in [6.45, 7) is 6.29. The molecule has 17 heavy (non-hydrogen) atoms. The molecule has 0 spiro atoms. The van der Waals surface area contributed by atoms with Gasteiger partial charge in [-0.05, 0) is 19.3 Å². The van der Waals surface area contributed by atoms with Crippen molar-refractivity contribution < 1.29 is 4.79 Å². The second kappa shape index (κ2) is 5.61. The van der Waals surface area contributed by atoms with Gasteiger partial charge >= 0.3 is 0 Å². The van der Waals surface area contributed by atoms with Gasteiger partial charge in [0.25, 0.3) is 5.91 Å². The molecule has 0 saturated heterocycles. The fourth-order valence-electron chi connectivity index (χ4n) is 1.71. The standard InChI is InChI=1S/C12H20N4O/c1-8(2)5-9(3)16(4)12(17)10-6-14-7-11(13)15-10/h6-9H,5H2,1-4H3,(H2,13,15). The van der Waals surface area contributed by atoms with Gasteiger partial charge in [0, 0.05) is 13.1 Å². The summed E-state index contributed by atoms with van der Waals surface area (Å²) in [4.78, 5) is 21.6. The lowest BCUT2D eigenvalue weighted by Crippen LogP contribution is -2.36. The van der Waals surface area contributed by atoms with Crippen LogP contribution in [0.2, 0.25) is 0 Å². The van der Waals surface area contributed by atoms with Gasteiger partial charge in [0.1, 0.15) is 11.5 Å². The van der Waals surface area contributed by atoms with E-state index < -0.39 is 0 Å². The first-order valence-electron chi connectivity index (χ1n) is 5.76. The minimum Gasteiger partial charge on any atom is -0.382 e. The van der Waals surface area contributed by atoms with Gasteiger partial charge in [0.05, 0.1) is 12.4 Å². The summed E-state index contributed by atoms with van der Waals surface area (Å²) in [5, 5.41) is 0. The van der Waals surface area contributed by atoms with Gasteiger partial charge in [-0.2, -0.15) is 0 Å². The van der Waals surface area contributed by atoms with Crippen molar-refractivity contribution in [3.05, 3.63) is 18.1 Å². The molecule has 2 N–H and O–H groups in total. The van der Waals surface area contributed by atoms with E-state index in [0.717, 1.165) is 6.42 Å². The van der Waals surface area contributed by atoms with Crippen LogP contribution in [0.5, 0.6) is 0 Å². The maximum atomic E-state index is 12.1. The zero-order chi connectivity index (χ0) is 13.0. The Morgan fingerprint density at radius 2 is 2.06 bits per heavy atom. The highest BCUT2D eigenvalue weighted by Crippen LogP contribution is 2.12. The van der Waals surface area contributed by atoms with Crippen molar-refractivity contribution in [2.45, 2.75) is 33.2 Å². The Kier molecular flexibility index (Phi) is 4.43. The molecule has 1 heterocycles. The van der Waals surface area contributed by atoms with Gasteiger partial charge in [-0.3, -0.25) is 9.78 Å². The molecule has 0 fully saturated rings. The van der Waals surface area contributed by atoms with E-state index in [4.69, 9.17) is 5.73 Å².